The van der Waals surface area contributed by atoms with Gasteiger partial charge in [0.05, 0.1) is 65.2 Å². The number of aromatic hydroxyl groups is 1. The number of ether oxygens (including phenoxy) is 3. The van der Waals surface area contributed by atoms with Gasteiger partial charge in [-0.25, -0.2) is 9.37 Å². The number of halogens is 2. The third-order valence-electron chi connectivity index (χ3n) is 16.5. The van der Waals surface area contributed by atoms with Crippen molar-refractivity contribution in [2.75, 3.05) is 90.1 Å². The molecule has 4 fully saturated rings. The molecule has 4 aliphatic rings. The Morgan fingerprint density at radius 1 is 0.894 bits per heavy atom. The minimum absolute atomic E-state index is 0.00838. The third kappa shape index (κ3) is 14.2. The Morgan fingerprint density at radius 3 is 2.28 bits per heavy atom. The zero-order valence-corrected chi connectivity index (χ0v) is 50.6. The van der Waals surface area contributed by atoms with Crippen molar-refractivity contribution in [2.24, 2.45) is 5.41 Å². The average molecular weight is 1200 g/mol. The van der Waals surface area contributed by atoms with Crippen LogP contribution in [0.2, 0.25) is 5.02 Å². The maximum Gasteiger partial charge on any atom is 0.319 e. The summed E-state index contributed by atoms with van der Waals surface area (Å²) >= 11 is 8.52. The monoisotopic (exact) mass is 1200 g/mol. The summed E-state index contributed by atoms with van der Waals surface area (Å²) in [6, 6.07) is 17.9. The number of carbonyl (C=O) groups excluding carboxylic acids is 4. The normalized spacial score (nSPS) is 19.4. The number of likely N-dealkylation sites (tertiary alicyclic amines) is 3. The number of thiazole rings is 1. The van der Waals surface area contributed by atoms with Crippen molar-refractivity contribution in [3.63, 3.8) is 0 Å². The lowest BCUT2D eigenvalue weighted by Gasteiger charge is -2.40. The van der Waals surface area contributed by atoms with Crippen molar-refractivity contribution in [1.29, 1.82) is 0 Å². The molecule has 0 saturated carbocycles. The van der Waals surface area contributed by atoms with Gasteiger partial charge in [0.25, 0.3) is 0 Å². The maximum absolute atomic E-state index is 17.2. The van der Waals surface area contributed by atoms with Crippen LogP contribution < -0.4 is 20.3 Å². The number of fused-ring (bicyclic) bond motifs is 2. The topological polar surface area (TPSA) is 215 Å². The predicted molar refractivity (Wildman–Crippen MR) is 326 cm³/mol. The summed E-state index contributed by atoms with van der Waals surface area (Å²) in [7, 11) is 0. The summed E-state index contributed by atoms with van der Waals surface area (Å²) in [6.07, 6.45) is 1.74. The first-order chi connectivity index (χ1) is 40.7. The number of carbonyl (C=O) groups is 4. The molecular formula is C63H76ClFN10O9S. The van der Waals surface area contributed by atoms with Crippen LogP contribution in [0.15, 0.2) is 84.9 Å². The number of hydrogen-bond donors (Lipinski definition) is 4. The van der Waals surface area contributed by atoms with Crippen molar-refractivity contribution in [1.82, 2.24) is 45.2 Å². The van der Waals surface area contributed by atoms with Crippen molar-refractivity contribution in [2.45, 2.75) is 103 Å². The Bertz CT molecular complexity index is 3420. The highest BCUT2D eigenvalue weighted by molar-refractivity contribution is 7.13. The Morgan fingerprint density at radius 2 is 1.60 bits per heavy atom. The minimum Gasteiger partial charge on any atom is -0.508 e. The fraction of sp³-hybridized carbons (Fsp3) is 0.476. The van der Waals surface area contributed by atoms with Gasteiger partial charge in [0, 0.05) is 82.8 Å². The number of aliphatic hydroxyl groups is 1. The lowest BCUT2D eigenvalue weighted by molar-refractivity contribution is -0.145. The van der Waals surface area contributed by atoms with Crippen molar-refractivity contribution in [3.8, 4) is 33.3 Å². The van der Waals surface area contributed by atoms with E-state index in [1.165, 1.54) is 17.0 Å². The summed E-state index contributed by atoms with van der Waals surface area (Å²) in [5.74, 6) is -1.51. The van der Waals surface area contributed by atoms with Crippen molar-refractivity contribution in [3.05, 3.63) is 107 Å². The SMILES string of the molecule is C=CC(=O)N1CCN(c2nc(O[C@H](C)CN3CCC(OCCOC4CN(CC(=O)N[C@H](C(=O)N5C[C@H](O)C[C@H]5C(=O)N[C@@H](C)c5ccc(-c6scnc6C)cc5)C(C)(C)C)C4)CC3)nc3c(F)c(-c4cc(O)cc5ccccc45)c(Cl)cc23)CC1. The van der Waals surface area contributed by atoms with Crippen LogP contribution in [0.25, 0.3) is 43.2 Å². The largest absolute Gasteiger partial charge is 0.508 e. The molecule has 6 heterocycles. The molecule has 4 amide bonds. The molecule has 452 valence electrons. The molecule has 0 radical (unpaired) electrons. The van der Waals surface area contributed by atoms with Gasteiger partial charge in [0.15, 0.2) is 5.82 Å². The molecule has 0 spiro atoms. The molecule has 85 heavy (non-hydrogen) atoms. The van der Waals surface area contributed by atoms with Crippen LogP contribution in [0.4, 0.5) is 10.2 Å². The molecule has 0 unspecified atom stereocenters. The van der Waals surface area contributed by atoms with Crippen LogP contribution in [0.3, 0.4) is 0 Å². The van der Waals surface area contributed by atoms with Gasteiger partial charge in [-0.1, -0.05) is 87.5 Å². The summed E-state index contributed by atoms with van der Waals surface area (Å²) < 4.78 is 35.9. The van der Waals surface area contributed by atoms with E-state index in [0.29, 0.717) is 81.2 Å². The van der Waals surface area contributed by atoms with Gasteiger partial charge in [-0.05, 0) is 90.8 Å². The second kappa shape index (κ2) is 26.4. The number of aromatic nitrogens is 3. The van der Waals surface area contributed by atoms with Crippen LogP contribution in [-0.2, 0) is 28.7 Å². The minimum atomic E-state index is -0.937. The van der Waals surface area contributed by atoms with Gasteiger partial charge in [-0.2, -0.15) is 9.97 Å². The molecule has 10 rings (SSSR count). The molecule has 0 aliphatic carbocycles. The lowest BCUT2D eigenvalue weighted by atomic mass is 9.85. The lowest BCUT2D eigenvalue weighted by Crippen LogP contribution is -2.60. The van der Waals surface area contributed by atoms with E-state index >= 15 is 4.39 Å². The number of β-amino-alcohol motifs (C(OH)–C–C–N with tert-alkyl or cyclic N) is 1. The molecule has 19 nitrogen and oxygen atoms in total. The molecule has 4 aromatic carbocycles. The van der Waals surface area contributed by atoms with Gasteiger partial charge < -0.3 is 49.8 Å². The first-order valence-corrected chi connectivity index (χ1v) is 30.5. The second-order valence-corrected chi connectivity index (χ2v) is 25.1. The fourth-order valence-electron chi connectivity index (χ4n) is 11.9. The van der Waals surface area contributed by atoms with Gasteiger partial charge in [-0.3, -0.25) is 29.0 Å². The van der Waals surface area contributed by atoms with Gasteiger partial charge in [0.1, 0.15) is 35.3 Å². The molecule has 4 aliphatic heterocycles. The van der Waals surface area contributed by atoms with E-state index in [0.717, 1.165) is 53.0 Å². The zero-order valence-electron chi connectivity index (χ0n) is 49.1. The maximum atomic E-state index is 17.2. The highest BCUT2D eigenvalue weighted by Crippen LogP contribution is 2.43. The molecule has 5 atom stereocenters. The number of phenolic OH excluding ortho intramolecular Hbond substituents is 1. The highest BCUT2D eigenvalue weighted by atomic mass is 35.5. The van der Waals surface area contributed by atoms with E-state index in [2.05, 4.69) is 32.1 Å². The Kier molecular flexibility index (Phi) is 19.0. The molecule has 4 N–H and O–H groups in total. The summed E-state index contributed by atoms with van der Waals surface area (Å²) in [5, 5.41) is 29.4. The van der Waals surface area contributed by atoms with Gasteiger partial charge in [0.2, 0.25) is 23.6 Å². The van der Waals surface area contributed by atoms with Crippen molar-refractivity contribution >= 4 is 74.1 Å². The molecule has 22 heteroatoms. The first-order valence-electron chi connectivity index (χ1n) is 29.2. The quantitative estimate of drug-likeness (QED) is 0.0429. The van der Waals surface area contributed by atoms with Crippen LogP contribution in [-0.4, -0.2) is 190 Å². The number of amides is 4. The number of aryl methyl sites for hydroxylation is 1. The number of phenols is 1. The smallest absolute Gasteiger partial charge is 0.319 e. The number of hydrogen-bond acceptors (Lipinski definition) is 16. The van der Waals surface area contributed by atoms with E-state index in [9.17, 15) is 29.4 Å². The number of anilines is 1. The van der Waals surface area contributed by atoms with E-state index in [4.69, 9.17) is 30.8 Å². The van der Waals surface area contributed by atoms with E-state index in [1.54, 1.807) is 28.4 Å². The molecule has 2 aromatic heterocycles. The number of benzene rings is 4. The average Bonchev–Trinajstić information content (AvgIpc) is 4.10. The van der Waals surface area contributed by atoms with Crippen LogP contribution >= 0.6 is 22.9 Å². The van der Waals surface area contributed by atoms with E-state index in [1.807, 2.05) is 105 Å². The van der Waals surface area contributed by atoms with Crippen LogP contribution in [0.5, 0.6) is 11.8 Å². The number of piperidine rings is 1. The summed E-state index contributed by atoms with van der Waals surface area (Å²) in [4.78, 5) is 78.3. The summed E-state index contributed by atoms with van der Waals surface area (Å²) in [6.45, 7) is 20.8. The number of rotatable bonds is 20. The molecule has 6 aromatic rings. The molecular weight excluding hydrogens is 1130 g/mol. The summed E-state index contributed by atoms with van der Waals surface area (Å²) in [5.41, 5.74) is 4.58. The highest BCUT2D eigenvalue weighted by Gasteiger charge is 2.45. The predicted octanol–water partition coefficient (Wildman–Crippen LogP) is 7.53. The van der Waals surface area contributed by atoms with E-state index in [-0.39, 0.29) is 89.4 Å². The standard InChI is InChI=1S/C63H76ClFN10O9S/c1-8-53(79)73-21-23-74(24-22-73)59-49-30-50(64)54(48-28-43(76)27-42-11-9-10-12-47(42)48)55(65)56(49)69-62(70-59)84-37(2)31-71-19-17-45(18-20-71)82-25-26-83-46-33-72(34-46)35-52(78)68-58(63(5,6)7)61(81)75-32-44(77)29-51(75)60(80)67-38(3)40-13-15-41(16-14-40)57-39(4)66-36-85-57/h8-16,27-28,30,36-38,44-46,51,58,76-77H,1,17-26,29,31-35H2,2-7H3,(H,67,80)(H,68,78)/t37-,38+,44-,51+,58-/m1/s1. The van der Waals surface area contributed by atoms with Gasteiger partial charge in [-0.15, -0.1) is 11.3 Å². The van der Waals surface area contributed by atoms with Crippen molar-refractivity contribution < 1.29 is 48.0 Å². The number of piperazine rings is 1. The molecule has 4 saturated heterocycles. The van der Waals surface area contributed by atoms with Crippen LogP contribution in [0, 0.1) is 18.2 Å². The van der Waals surface area contributed by atoms with Crippen LogP contribution in [0.1, 0.15) is 71.2 Å². The Balaban J connectivity index is 0.668. The number of nitrogens with one attached hydrogen (secondary N) is 2. The Hall–Kier alpha value is -6.85. The Labute approximate surface area is 504 Å². The van der Waals surface area contributed by atoms with E-state index < -0.39 is 35.3 Å². The number of aliphatic hydroxyl groups excluding tert-OH is 1. The number of nitrogens with zero attached hydrogens (tertiary/aromatic N) is 8. The fourth-order valence-corrected chi connectivity index (χ4v) is 13.0. The molecule has 0 bridgehead atoms. The second-order valence-electron chi connectivity index (χ2n) is 23.9. The third-order valence-corrected chi connectivity index (χ3v) is 17.8. The van der Waals surface area contributed by atoms with Gasteiger partial charge >= 0.3 is 6.01 Å². The zero-order chi connectivity index (χ0) is 60.3. The first kappa shape index (κ1) is 61.2.